The van der Waals surface area contributed by atoms with E-state index in [1.165, 1.54) is 5.56 Å². The van der Waals surface area contributed by atoms with Crippen molar-refractivity contribution in [2.45, 2.75) is 25.2 Å². The van der Waals surface area contributed by atoms with Crippen molar-refractivity contribution in [2.24, 2.45) is 5.41 Å². The molecule has 2 aliphatic heterocycles. The van der Waals surface area contributed by atoms with Crippen LogP contribution in [-0.4, -0.2) is 25.5 Å². The third kappa shape index (κ3) is 2.03. The average Bonchev–Trinajstić information content (AvgIpc) is 2.40. The molecule has 1 amide bonds. The van der Waals surface area contributed by atoms with Gasteiger partial charge in [0.2, 0.25) is 5.91 Å². The fraction of sp³-hybridized carbons (Fsp3) is 0.533. The van der Waals surface area contributed by atoms with Gasteiger partial charge in [0.05, 0.1) is 0 Å². The highest BCUT2D eigenvalue weighted by Gasteiger charge is 2.44. The maximum absolute atomic E-state index is 11.8. The summed E-state index contributed by atoms with van der Waals surface area (Å²) in [6, 6.07) is 10.7. The van der Waals surface area contributed by atoms with Crippen LogP contribution in [0.3, 0.4) is 0 Å². The predicted octanol–water partition coefficient (Wildman–Crippen LogP) is 1.66. The quantitative estimate of drug-likeness (QED) is 0.789. The van der Waals surface area contributed by atoms with E-state index in [1.807, 2.05) is 0 Å². The second-order valence-electron chi connectivity index (χ2n) is 5.56. The van der Waals surface area contributed by atoms with E-state index < -0.39 is 0 Å². The van der Waals surface area contributed by atoms with Crippen LogP contribution in [-0.2, 0) is 4.79 Å². The Hall–Kier alpha value is -1.35. The van der Waals surface area contributed by atoms with Gasteiger partial charge in [-0.25, -0.2) is 0 Å². The van der Waals surface area contributed by atoms with Gasteiger partial charge < -0.3 is 10.6 Å². The predicted molar refractivity (Wildman–Crippen MR) is 71.3 cm³/mol. The van der Waals surface area contributed by atoms with Crippen molar-refractivity contribution in [3.05, 3.63) is 35.9 Å². The molecule has 18 heavy (non-hydrogen) atoms. The van der Waals surface area contributed by atoms with Gasteiger partial charge in [-0.15, -0.1) is 0 Å². The molecule has 0 radical (unpaired) electrons. The van der Waals surface area contributed by atoms with Gasteiger partial charge in [0.15, 0.2) is 0 Å². The minimum Gasteiger partial charge on any atom is -0.355 e. The molecule has 1 atom stereocenters. The van der Waals surface area contributed by atoms with Crippen molar-refractivity contribution in [3.8, 4) is 0 Å². The second-order valence-corrected chi connectivity index (χ2v) is 5.56. The molecule has 0 aliphatic carbocycles. The molecule has 2 aliphatic rings. The normalized spacial score (nSPS) is 26.9. The first-order valence-electron chi connectivity index (χ1n) is 6.83. The molecule has 2 N–H and O–H groups in total. The number of hydrogen-bond acceptors (Lipinski definition) is 2. The molecule has 0 bridgehead atoms. The molecule has 0 aromatic heterocycles. The van der Waals surface area contributed by atoms with Crippen molar-refractivity contribution in [2.75, 3.05) is 19.6 Å². The summed E-state index contributed by atoms with van der Waals surface area (Å²) in [6.07, 6.45) is 2.91. The number of hydrogen-bond donors (Lipinski definition) is 2. The fourth-order valence-corrected chi connectivity index (χ4v) is 3.54. The minimum absolute atomic E-state index is 0.176. The summed E-state index contributed by atoms with van der Waals surface area (Å²) in [5, 5.41) is 6.45. The van der Waals surface area contributed by atoms with Gasteiger partial charge in [-0.2, -0.15) is 0 Å². The van der Waals surface area contributed by atoms with Crippen LogP contribution in [0.5, 0.6) is 0 Å². The number of piperidine rings is 2. The third-order valence-corrected chi connectivity index (χ3v) is 4.56. The van der Waals surface area contributed by atoms with Crippen molar-refractivity contribution < 1.29 is 4.79 Å². The first-order chi connectivity index (χ1) is 8.80. The third-order valence-electron chi connectivity index (χ3n) is 4.56. The Balaban J connectivity index is 1.93. The second kappa shape index (κ2) is 4.73. The SMILES string of the molecule is O=C1CC2(CCNCC2)[C@@H](c2ccccc2)CN1. The molecule has 0 unspecified atom stereocenters. The molecule has 2 heterocycles. The molecule has 1 spiro atoms. The van der Waals surface area contributed by atoms with Crippen LogP contribution in [0.25, 0.3) is 0 Å². The van der Waals surface area contributed by atoms with E-state index in [4.69, 9.17) is 0 Å². The number of nitrogens with one attached hydrogen (secondary N) is 2. The average molecular weight is 244 g/mol. The van der Waals surface area contributed by atoms with Crippen molar-refractivity contribution >= 4 is 5.91 Å². The Morgan fingerprint density at radius 3 is 2.56 bits per heavy atom. The lowest BCUT2D eigenvalue weighted by atomic mass is 9.63. The highest BCUT2D eigenvalue weighted by Crippen LogP contribution is 2.47. The number of benzene rings is 1. The summed E-state index contributed by atoms with van der Waals surface area (Å²) < 4.78 is 0. The molecule has 2 saturated heterocycles. The Kier molecular flexibility index (Phi) is 3.08. The number of rotatable bonds is 1. The smallest absolute Gasteiger partial charge is 0.220 e. The van der Waals surface area contributed by atoms with E-state index >= 15 is 0 Å². The van der Waals surface area contributed by atoms with Gasteiger partial charge in [0, 0.05) is 18.9 Å². The maximum atomic E-state index is 11.8. The van der Waals surface area contributed by atoms with Crippen molar-refractivity contribution in [3.63, 3.8) is 0 Å². The van der Waals surface area contributed by atoms with Crippen LogP contribution in [0.2, 0.25) is 0 Å². The van der Waals surface area contributed by atoms with Gasteiger partial charge in [0.25, 0.3) is 0 Å². The van der Waals surface area contributed by atoms with Crippen LogP contribution in [0.4, 0.5) is 0 Å². The van der Waals surface area contributed by atoms with E-state index in [1.54, 1.807) is 0 Å². The Labute approximate surface area is 108 Å². The molecule has 2 fully saturated rings. The number of carbonyl (C=O) groups is 1. The van der Waals surface area contributed by atoms with Crippen LogP contribution >= 0.6 is 0 Å². The molecule has 1 aromatic rings. The molecular formula is C15H20N2O. The Morgan fingerprint density at radius 1 is 1.11 bits per heavy atom. The van der Waals surface area contributed by atoms with Gasteiger partial charge in [0.1, 0.15) is 0 Å². The lowest BCUT2D eigenvalue weighted by Gasteiger charge is -2.46. The molecule has 1 aromatic carbocycles. The van der Waals surface area contributed by atoms with Gasteiger partial charge in [-0.05, 0) is 36.9 Å². The Bertz CT molecular complexity index is 423. The van der Waals surface area contributed by atoms with Crippen molar-refractivity contribution in [1.29, 1.82) is 0 Å². The standard InChI is InChI=1S/C15H20N2O/c18-14-10-15(6-8-16-9-7-15)13(11-17-14)12-4-2-1-3-5-12/h1-5,13,16H,6-11H2,(H,17,18)/t13-/m1/s1. The van der Waals surface area contributed by atoms with Gasteiger partial charge in [-0.3, -0.25) is 4.79 Å². The monoisotopic (exact) mass is 244 g/mol. The van der Waals surface area contributed by atoms with Gasteiger partial charge >= 0.3 is 0 Å². The molecule has 3 heteroatoms. The summed E-state index contributed by atoms with van der Waals surface area (Å²) >= 11 is 0. The Morgan fingerprint density at radius 2 is 1.83 bits per heavy atom. The summed E-state index contributed by atoms with van der Waals surface area (Å²) in [6.45, 7) is 2.87. The summed E-state index contributed by atoms with van der Waals surface area (Å²) in [7, 11) is 0. The molecule has 0 saturated carbocycles. The molecule has 3 nitrogen and oxygen atoms in total. The zero-order valence-electron chi connectivity index (χ0n) is 10.6. The molecular weight excluding hydrogens is 224 g/mol. The van der Waals surface area contributed by atoms with E-state index in [-0.39, 0.29) is 11.3 Å². The lowest BCUT2D eigenvalue weighted by Crippen LogP contribution is -2.51. The minimum atomic E-state index is 0.176. The molecule has 3 rings (SSSR count). The first kappa shape index (κ1) is 11.7. The van der Waals surface area contributed by atoms with Crippen LogP contribution < -0.4 is 10.6 Å². The van der Waals surface area contributed by atoms with Crippen LogP contribution in [0.1, 0.15) is 30.7 Å². The van der Waals surface area contributed by atoms with Gasteiger partial charge in [-0.1, -0.05) is 30.3 Å². The van der Waals surface area contributed by atoms with E-state index in [0.717, 1.165) is 32.5 Å². The maximum Gasteiger partial charge on any atom is 0.220 e. The lowest BCUT2D eigenvalue weighted by molar-refractivity contribution is -0.127. The highest BCUT2D eigenvalue weighted by molar-refractivity contribution is 5.78. The number of carbonyl (C=O) groups excluding carboxylic acids is 1. The van der Waals surface area contributed by atoms with E-state index in [0.29, 0.717) is 12.3 Å². The zero-order chi connectivity index (χ0) is 12.4. The van der Waals surface area contributed by atoms with Crippen molar-refractivity contribution in [1.82, 2.24) is 10.6 Å². The summed E-state index contributed by atoms with van der Waals surface area (Å²) in [4.78, 5) is 11.8. The van der Waals surface area contributed by atoms with Crippen LogP contribution in [0.15, 0.2) is 30.3 Å². The van der Waals surface area contributed by atoms with E-state index in [9.17, 15) is 4.79 Å². The zero-order valence-corrected chi connectivity index (χ0v) is 10.6. The first-order valence-corrected chi connectivity index (χ1v) is 6.83. The largest absolute Gasteiger partial charge is 0.355 e. The fourth-order valence-electron chi connectivity index (χ4n) is 3.54. The van der Waals surface area contributed by atoms with Crippen LogP contribution in [0, 0.1) is 5.41 Å². The van der Waals surface area contributed by atoms with E-state index in [2.05, 4.69) is 41.0 Å². The summed E-state index contributed by atoms with van der Waals surface area (Å²) in [5.74, 6) is 0.697. The highest BCUT2D eigenvalue weighted by atomic mass is 16.1. The topological polar surface area (TPSA) is 41.1 Å². The number of amides is 1. The molecule has 96 valence electrons. The summed E-state index contributed by atoms with van der Waals surface area (Å²) in [5.41, 5.74) is 1.55.